The molecule has 1 N–H and O–H groups in total. The highest BCUT2D eigenvalue weighted by molar-refractivity contribution is 8.01. The van der Waals surface area contributed by atoms with Gasteiger partial charge in [0.25, 0.3) is 10.0 Å². The topological polar surface area (TPSA) is 81.2 Å². The second-order valence-corrected chi connectivity index (χ2v) is 9.20. The smallest absolute Gasteiger partial charge is 0.263 e. The van der Waals surface area contributed by atoms with Crippen LogP contribution in [0.25, 0.3) is 10.8 Å². The maximum Gasteiger partial charge on any atom is 0.263 e. The molecular weight excluding hydrogens is 378 g/mol. The third-order valence-electron chi connectivity index (χ3n) is 3.39. The number of anilines is 1. The first-order chi connectivity index (χ1) is 12.0. The van der Waals surface area contributed by atoms with E-state index in [1.807, 2.05) is 12.1 Å². The lowest BCUT2D eigenvalue weighted by Gasteiger charge is -2.07. The molecule has 0 aliphatic heterocycles. The van der Waals surface area contributed by atoms with E-state index in [1.54, 1.807) is 43.1 Å². The van der Waals surface area contributed by atoms with Gasteiger partial charge in [0, 0.05) is 5.75 Å². The Labute approximate surface area is 154 Å². The van der Waals surface area contributed by atoms with Crippen LogP contribution in [0.2, 0.25) is 0 Å². The monoisotopic (exact) mass is 395 g/mol. The molecule has 0 unspecified atom stereocenters. The lowest BCUT2D eigenvalue weighted by atomic mass is 10.1. The molecule has 2 aromatic carbocycles. The largest absolute Gasteiger partial charge is 0.497 e. The van der Waals surface area contributed by atoms with Crippen LogP contribution in [0.1, 0.15) is 13.3 Å². The summed E-state index contributed by atoms with van der Waals surface area (Å²) < 4.78 is 33.6. The van der Waals surface area contributed by atoms with Crippen LogP contribution in [0.4, 0.5) is 5.13 Å². The fourth-order valence-corrected chi connectivity index (χ4v) is 5.11. The first-order valence-electron chi connectivity index (χ1n) is 7.59. The standard InChI is InChI=1S/C16H17N3O3S3/c1-3-8-23-16-18-17-15(24-16)19-25(20,21)14-7-5-11-9-13(22-2)6-4-12(11)10-14/h4-7,9-10H,3,8H2,1-2H3,(H,17,19). The molecule has 0 aliphatic rings. The molecule has 132 valence electrons. The fraction of sp³-hybridized carbons (Fsp3) is 0.250. The summed E-state index contributed by atoms with van der Waals surface area (Å²) in [5.41, 5.74) is 0. The van der Waals surface area contributed by atoms with E-state index in [1.165, 1.54) is 11.3 Å². The van der Waals surface area contributed by atoms with Crippen LogP contribution in [0.5, 0.6) is 5.75 Å². The average molecular weight is 396 g/mol. The van der Waals surface area contributed by atoms with Crippen LogP contribution in [0.3, 0.4) is 0 Å². The molecule has 6 nitrogen and oxygen atoms in total. The Kier molecular flexibility index (Phi) is 5.45. The number of hydrogen-bond acceptors (Lipinski definition) is 7. The minimum atomic E-state index is -3.71. The molecule has 1 aromatic heterocycles. The molecule has 3 rings (SSSR count). The predicted molar refractivity (Wildman–Crippen MR) is 102 cm³/mol. The molecule has 0 amide bonds. The number of methoxy groups -OCH3 is 1. The molecule has 3 aromatic rings. The Morgan fingerprint density at radius 3 is 2.68 bits per heavy atom. The highest BCUT2D eigenvalue weighted by Crippen LogP contribution is 2.28. The van der Waals surface area contributed by atoms with Gasteiger partial charge >= 0.3 is 0 Å². The minimum Gasteiger partial charge on any atom is -0.497 e. The summed E-state index contributed by atoms with van der Waals surface area (Å²) in [6.07, 6.45) is 1.02. The summed E-state index contributed by atoms with van der Waals surface area (Å²) in [7, 11) is -2.11. The fourth-order valence-electron chi connectivity index (χ4n) is 2.17. The highest BCUT2D eigenvalue weighted by Gasteiger charge is 2.17. The molecule has 0 saturated heterocycles. The molecule has 9 heteroatoms. The van der Waals surface area contributed by atoms with E-state index < -0.39 is 10.0 Å². The van der Waals surface area contributed by atoms with Crippen LogP contribution < -0.4 is 9.46 Å². The zero-order valence-corrected chi connectivity index (χ0v) is 16.2. The van der Waals surface area contributed by atoms with Gasteiger partial charge in [-0.05, 0) is 41.5 Å². The molecule has 0 radical (unpaired) electrons. The number of nitrogens with one attached hydrogen (secondary N) is 1. The number of benzene rings is 2. The van der Waals surface area contributed by atoms with Gasteiger partial charge in [-0.2, -0.15) is 0 Å². The maximum absolute atomic E-state index is 12.6. The van der Waals surface area contributed by atoms with Crippen LogP contribution in [0, 0.1) is 0 Å². The van der Waals surface area contributed by atoms with Gasteiger partial charge in [0.2, 0.25) is 5.13 Å². The Morgan fingerprint density at radius 1 is 1.16 bits per heavy atom. The normalized spacial score (nSPS) is 11.6. The zero-order chi connectivity index (χ0) is 17.9. The Hall–Kier alpha value is -1.84. The van der Waals surface area contributed by atoms with E-state index in [4.69, 9.17) is 4.74 Å². The van der Waals surface area contributed by atoms with Crippen LogP contribution in [-0.4, -0.2) is 31.5 Å². The van der Waals surface area contributed by atoms with Crippen LogP contribution >= 0.6 is 23.1 Å². The van der Waals surface area contributed by atoms with Crippen LogP contribution in [-0.2, 0) is 10.0 Å². The average Bonchev–Trinajstić information content (AvgIpc) is 3.05. The summed E-state index contributed by atoms with van der Waals surface area (Å²) in [5, 5.41) is 9.90. The number of sulfonamides is 1. The third kappa shape index (κ3) is 4.23. The van der Waals surface area contributed by atoms with Gasteiger partial charge < -0.3 is 4.74 Å². The van der Waals surface area contributed by atoms with E-state index in [2.05, 4.69) is 21.8 Å². The Balaban J connectivity index is 1.84. The van der Waals surface area contributed by atoms with Gasteiger partial charge in [-0.15, -0.1) is 10.2 Å². The predicted octanol–water partition coefficient (Wildman–Crippen LogP) is 4.00. The molecule has 0 aliphatic carbocycles. The molecule has 25 heavy (non-hydrogen) atoms. The molecule has 0 saturated carbocycles. The highest BCUT2D eigenvalue weighted by atomic mass is 32.2. The summed E-state index contributed by atoms with van der Waals surface area (Å²) >= 11 is 2.80. The quantitative estimate of drug-likeness (QED) is 0.609. The maximum atomic E-state index is 12.6. The summed E-state index contributed by atoms with van der Waals surface area (Å²) in [6.45, 7) is 2.08. The molecule has 0 fully saturated rings. The van der Waals surface area contributed by atoms with Gasteiger partial charge in [-0.3, -0.25) is 4.72 Å². The second kappa shape index (κ2) is 7.59. The van der Waals surface area contributed by atoms with Gasteiger partial charge in [-0.1, -0.05) is 42.2 Å². The lowest BCUT2D eigenvalue weighted by Crippen LogP contribution is -2.12. The van der Waals surface area contributed by atoms with Gasteiger partial charge in [0.05, 0.1) is 12.0 Å². The molecule has 0 spiro atoms. The van der Waals surface area contributed by atoms with Crippen molar-refractivity contribution in [1.29, 1.82) is 0 Å². The number of ether oxygens (including phenoxy) is 1. The summed E-state index contributed by atoms with van der Waals surface area (Å²) in [5.74, 6) is 1.66. The van der Waals surface area contributed by atoms with E-state index >= 15 is 0 Å². The number of fused-ring (bicyclic) bond motifs is 1. The second-order valence-electron chi connectivity index (χ2n) is 5.20. The van der Waals surface area contributed by atoms with Gasteiger partial charge in [0.15, 0.2) is 4.34 Å². The van der Waals surface area contributed by atoms with Crippen molar-refractivity contribution in [3.8, 4) is 5.75 Å². The van der Waals surface area contributed by atoms with Crippen molar-refractivity contribution in [2.75, 3.05) is 17.6 Å². The van der Waals surface area contributed by atoms with Crippen molar-refractivity contribution in [3.63, 3.8) is 0 Å². The number of nitrogens with zero attached hydrogens (tertiary/aromatic N) is 2. The molecular formula is C16H17N3O3S3. The third-order valence-corrected chi connectivity index (χ3v) is 7.03. The number of rotatable bonds is 7. The van der Waals surface area contributed by atoms with Gasteiger partial charge in [-0.25, -0.2) is 8.42 Å². The first kappa shape index (κ1) is 18.0. The van der Waals surface area contributed by atoms with Gasteiger partial charge in [0.1, 0.15) is 5.75 Å². The van der Waals surface area contributed by atoms with Crippen molar-refractivity contribution in [2.45, 2.75) is 22.6 Å². The van der Waals surface area contributed by atoms with E-state index in [0.717, 1.165) is 33.0 Å². The minimum absolute atomic E-state index is 0.183. The van der Waals surface area contributed by atoms with E-state index in [-0.39, 0.29) is 10.0 Å². The van der Waals surface area contributed by atoms with Crippen molar-refractivity contribution in [2.24, 2.45) is 0 Å². The lowest BCUT2D eigenvalue weighted by molar-refractivity contribution is 0.415. The summed E-state index contributed by atoms with van der Waals surface area (Å²) in [6, 6.07) is 10.4. The number of thioether (sulfide) groups is 1. The van der Waals surface area contributed by atoms with E-state index in [9.17, 15) is 8.42 Å². The SMILES string of the molecule is CCCSc1nnc(NS(=O)(=O)c2ccc3cc(OC)ccc3c2)s1. The molecule has 0 atom stereocenters. The first-order valence-corrected chi connectivity index (χ1v) is 10.9. The Bertz CT molecular complexity index is 986. The van der Waals surface area contributed by atoms with E-state index in [0.29, 0.717) is 0 Å². The summed E-state index contributed by atoms with van der Waals surface area (Å²) in [4.78, 5) is 0.183. The molecule has 0 bridgehead atoms. The zero-order valence-electron chi connectivity index (χ0n) is 13.7. The van der Waals surface area contributed by atoms with Crippen molar-refractivity contribution >= 4 is 49.0 Å². The Morgan fingerprint density at radius 2 is 1.92 bits per heavy atom. The molecule has 1 heterocycles. The van der Waals surface area contributed by atoms with Crippen LogP contribution in [0.15, 0.2) is 45.6 Å². The number of aromatic nitrogens is 2. The van der Waals surface area contributed by atoms with Crippen molar-refractivity contribution < 1.29 is 13.2 Å². The number of hydrogen-bond donors (Lipinski definition) is 1. The van der Waals surface area contributed by atoms with Crippen molar-refractivity contribution in [1.82, 2.24) is 10.2 Å². The van der Waals surface area contributed by atoms with Crippen molar-refractivity contribution in [3.05, 3.63) is 36.4 Å².